The second-order valence-corrected chi connectivity index (χ2v) is 5.71. The fourth-order valence-corrected chi connectivity index (χ4v) is 3.17. The van der Waals surface area contributed by atoms with Crippen LogP contribution < -0.4 is 0 Å². The predicted molar refractivity (Wildman–Crippen MR) is 77.4 cm³/mol. The van der Waals surface area contributed by atoms with Gasteiger partial charge in [-0.05, 0) is 32.6 Å². The van der Waals surface area contributed by atoms with Gasteiger partial charge in [-0.15, -0.1) is 10.2 Å². The molecule has 0 spiro atoms. The molecule has 1 amide bonds. The second-order valence-electron chi connectivity index (χ2n) is 5.71. The number of methoxy groups -OCH3 is 1. The van der Waals surface area contributed by atoms with Crippen LogP contribution in [0.5, 0.6) is 0 Å². The monoisotopic (exact) mass is 290 g/mol. The molecule has 1 atom stereocenters. The number of hydrogen-bond donors (Lipinski definition) is 0. The standard InChI is InChI=1S/C15H22N4O2/c1-11-14-17-16-13(10-21-2)19(14)9-8-18(11)15(20)12-6-4-3-5-7-12/h6,11H,3-5,7-10H2,1-2H3. The molecule has 3 rings (SSSR count). The van der Waals surface area contributed by atoms with Gasteiger partial charge in [0.05, 0.1) is 6.04 Å². The van der Waals surface area contributed by atoms with E-state index in [0.29, 0.717) is 13.2 Å². The zero-order valence-corrected chi connectivity index (χ0v) is 12.7. The Bertz CT molecular complexity index is 564. The summed E-state index contributed by atoms with van der Waals surface area (Å²) in [6.45, 7) is 3.93. The SMILES string of the molecule is COCc1nnc2n1CCN(C(=O)C1=CCCCC1)C2C. The van der Waals surface area contributed by atoms with Gasteiger partial charge in [0, 0.05) is 25.8 Å². The van der Waals surface area contributed by atoms with Crippen LogP contribution in [0.15, 0.2) is 11.6 Å². The molecule has 1 aliphatic carbocycles. The minimum Gasteiger partial charge on any atom is -0.377 e. The van der Waals surface area contributed by atoms with Gasteiger partial charge in [0.2, 0.25) is 5.91 Å². The fourth-order valence-electron chi connectivity index (χ4n) is 3.17. The lowest BCUT2D eigenvalue weighted by Gasteiger charge is -2.34. The van der Waals surface area contributed by atoms with Gasteiger partial charge in [0.15, 0.2) is 11.6 Å². The molecule has 0 bridgehead atoms. The van der Waals surface area contributed by atoms with E-state index in [4.69, 9.17) is 4.74 Å². The summed E-state index contributed by atoms with van der Waals surface area (Å²) < 4.78 is 7.22. The number of nitrogens with zero attached hydrogens (tertiary/aromatic N) is 4. The fraction of sp³-hybridized carbons (Fsp3) is 0.667. The lowest BCUT2D eigenvalue weighted by molar-refractivity contribution is -0.130. The lowest BCUT2D eigenvalue weighted by atomic mass is 9.98. The highest BCUT2D eigenvalue weighted by Crippen LogP contribution is 2.28. The summed E-state index contributed by atoms with van der Waals surface area (Å²) in [5.41, 5.74) is 0.971. The third-order valence-electron chi connectivity index (χ3n) is 4.36. The van der Waals surface area contributed by atoms with Crippen molar-refractivity contribution in [3.63, 3.8) is 0 Å². The average molecular weight is 290 g/mol. The third kappa shape index (κ3) is 2.60. The molecule has 6 nitrogen and oxygen atoms in total. The molecule has 1 unspecified atom stereocenters. The Morgan fingerprint density at radius 3 is 2.95 bits per heavy atom. The predicted octanol–water partition coefficient (Wildman–Crippen LogP) is 1.83. The van der Waals surface area contributed by atoms with E-state index in [-0.39, 0.29) is 11.9 Å². The van der Waals surface area contributed by atoms with Crippen LogP contribution >= 0.6 is 0 Å². The molecular formula is C15H22N4O2. The number of rotatable bonds is 3. The maximum Gasteiger partial charge on any atom is 0.250 e. The number of ether oxygens (including phenoxy) is 1. The summed E-state index contributed by atoms with van der Waals surface area (Å²) in [7, 11) is 1.65. The number of carbonyl (C=O) groups is 1. The minimum atomic E-state index is -0.0350. The lowest BCUT2D eigenvalue weighted by Crippen LogP contribution is -2.42. The quantitative estimate of drug-likeness (QED) is 0.852. The van der Waals surface area contributed by atoms with E-state index < -0.39 is 0 Å². The molecule has 1 aromatic rings. The van der Waals surface area contributed by atoms with Crippen LogP contribution in [0.2, 0.25) is 0 Å². The Balaban J connectivity index is 1.80. The van der Waals surface area contributed by atoms with Gasteiger partial charge in [-0.25, -0.2) is 0 Å². The first kappa shape index (κ1) is 14.3. The van der Waals surface area contributed by atoms with Crippen LogP contribution in [-0.4, -0.2) is 39.2 Å². The minimum absolute atomic E-state index is 0.0350. The molecule has 21 heavy (non-hydrogen) atoms. The van der Waals surface area contributed by atoms with E-state index in [1.807, 2.05) is 11.8 Å². The maximum atomic E-state index is 12.7. The zero-order valence-electron chi connectivity index (χ0n) is 12.7. The van der Waals surface area contributed by atoms with E-state index in [1.54, 1.807) is 7.11 Å². The molecule has 1 aromatic heterocycles. The number of aromatic nitrogens is 3. The topological polar surface area (TPSA) is 60.3 Å². The summed E-state index contributed by atoms with van der Waals surface area (Å²) in [5, 5.41) is 8.43. The molecule has 0 saturated heterocycles. The molecule has 1 aliphatic heterocycles. The number of carbonyl (C=O) groups excluding carboxylic acids is 1. The first-order valence-electron chi connectivity index (χ1n) is 7.63. The molecule has 0 radical (unpaired) electrons. The van der Waals surface area contributed by atoms with Crippen LogP contribution in [0, 0.1) is 0 Å². The van der Waals surface area contributed by atoms with Crippen molar-refractivity contribution in [2.75, 3.05) is 13.7 Å². The summed E-state index contributed by atoms with van der Waals surface area (Å²) in [6, 6.07) is -0.0350. The molecule has 0 saturated carbocycles. The van der Waals surface area contributed by atoms with Gasteiger partial charge in [-0.3, -0.25) is 4.79 Å². The van der Waals surface area contributed by atoms with Crippen molar-refractivity contribution < 1.29 is 9.53 Å². The van der Waals surface area contributed by atoms with Crippen molar-refractivity contribution in [1.82, 2.24) is 19.7 Å². The van der Waals surface area contributed by atoms with Gasteiger partial charge in [0.1, 0.15) is 6.61 Å². The smallest absolute Gasteiger partial charge is 0.250 e. The first-order valence-corrected chi connectivity index (χ1v) is 7.63. The van der Waals surface area contributed by atoms with Gasteiger partial charge < -0.3 is 14.2 Å². The molecule has 6 heteroatoms. The van der Waals surface area contributed by atoms with Crippen LogP contribution in [0.4, 0.5) is 0 Å². The Hall–Kier alpha value is -1.69. The van der Waals surface area contributed by atoms with Gasteiger partial charge in [-0.2, -0.15) is 0 Å². The molecule has 0 N–H and O–H groups in total. The van der Waals surface area contributed by atoms with Gasteiger partial charge in [-0.1, -0.05) is 6.08 Å². The number of fused-ring (bicyclic) bond motifs is 1. The molecule has 114 valence electrons. The van der Waals surface area contributed by atoms with Crippen molar-refractivity contribution in [1.29, 1.82) is 0 Å². The number of hydrogen-bond acceptors (Lipinski definition) is 4. The molecule has 2 aliphatic rings. The van der Waals surface area contributed by atoms with Crippen LogP contribution in [0.3, 0.4) is 0 Å². The second kappa shape index (κ2) is 5.97. The number of allylic oxidation sites excluding steroid dienone is 1. The van der Waals surface area contributed by atoms with Crippen molar-refractivity contribution in [2.45, 2.75) is 51.8 Å². The number of amides is 1. The summed E-state index contributed by atoms with van der Waals surface area (Å²) >= 11 is 0. The normalized spacial score (nSPS) is 21.9. The Kier molecular flexibility index (Phi) is 4.05. The highest BCUT2D eigenvalue weighted by molar-refractivity contribution is 5.93. The van der Waals surface area contributed by atoms with Crippen LogP contribution in [0.25, 0.3) is 0 Å². The van der Waals surface area contributed by atoms with Crippen LogP contribution in [0.1, 0.15) is 50.3 Å². The van der Waals surface area contributed by atoms with Crippen molar-refractivity contribution in [2.24, 2.45) is 0 Å². The Labute approximate surface area is 124 Å². The maximum absolute atomic E-state index is 12.7. The first-order chi connectivity index (χ1) is 10.2. The Morgan fingerprint density at radius 2 is 2.24 bits per heavy atom. The Morgan fingerprint density at radius 1 is 1.38 bits per heavy atom. The van der Waals surface area contributed by atoms with Crippen LogP contribution in [-0.2, 0) is 22.7 Å². The highest BCUT2D eigenvalue weighted by atomic mass is 16.5. The van der Waals surface area contributed by atoms with Crippen molar-refractivity contribution >= 4 is 5.91 Å². The van der Waals surface area contributed by atoms with E-state index in [0.717, 1.165) is 43.0 Å². The molecular weight excluding hydrogens is 268 g/mol. The third-order valence-corrected chi connectivity index (χ3v) is 4.36. The summed E-state index contributed by atoms with van der Waals surface area (Å²) in [4.78, 5) is 14.6. The van der Waals surface area contributed by atoms with E-state index in [1.165, 1.54) is 6.42 Å². The molecule has 2 heterocycles. The van der Waals surface area contributed by atoms with E-state index >= 15 is 0 Å². The van der Waals surface area contributed by atoms with Gasteiger partial charge in [0.25, 0.3) is 0 Å². The summed E-state index contributed by atoms with van der Waals surface area (Å²) in [6.07, 6.45) is 6.35. The largest absolute Gasteiger partial charge is 0.377 e. The van der Waals surface area contributed by atoms with E-state index in [9.17, 15) is 4.79 Å². The van der Waals surface area contributed by atoms with Gasteiger partial charge >= 0.3 is 0 Å². The average Bonchev–Trinajstić information content (AvgIpc) is 2.92. The van der Waals surface area contributed by atoms with Crippen molar-refractivity contribution in [3.05, 3.63) is 23.3 Å². The zero-order chi connectivity index (χ0) is 14.8. The highest BCUT2D eigenvalue weighted by Gasteiger charge is 2.32. The summed E-state index contributed by atoms with van der Waals surface area (Å²) in [5.74, 6) is 1.87. The van der Waals surface area contributed by atoms with Crippen molar-refractivity contribution in [3.8, 4) is 0 Å². The molecule has 0 aromatic carbocycles. The molecule has 0 fully saturated rings. The van der Waals surface area contributed by atoms with E-state index in [2.05, 4.69) is 20.8 Å².